The summed E-state index contributed by atoms with van der Waals surface area (Å²) in [4.78, 5) is 0. The smallest absolute Gasteiger partial charge is 0.202 e. The van der Waals surface area contributed by atoms with Crippen molar-refractivity contribution >= 4 is 23.2 Å². The van der Waals surface area contributed by atoms with E-state index in [0.717, 1.165) is 16.7 Å². The van der Waals surface area contributed by atoms with Crippen molar-refractivity contribution in [2.75, 3.05) is 0 Å². The third-order valence-corrected chi connectivity index (χ3v) is 3.61. The molecule has 2 aromatic carbocycles. The molecule has 0 radical (unpaired) electrons. The summed E-state index contributed by atoms with van der Waals surface area (Å²) in [5.74, 6) is 1.36. The Balaban J connectivity index is 1.96. The van der Waals surface area contributed by atoms with Crippen molar-refractivity contribution in [3.63, 3.8) is 0 Å². The van der Waals surface area contributed by atoms with Crippen LogP contribution >= 0.6 is 12.2 Å². The molecule has 0 fully saturated rings. The van der Waals surface area contributed by atoms with Crippen molar-refractivity contribution in [1.29, 1.82) is 0 Å². The second-order valence-corrected chi connectivity index (χ2v) is 5.06. The van der Waals surface area contributed by atoms with Gasteiger partial charge in [0, 0.05) is 5.39 Å². The predicted octanol–water partition coefficient (Wildman–Crippen LogP) is 4.34. The molecule has 4 aromatic rings. The van der Waals surface area contributed by atoms with Gasteiger partial charge in [0.1, 0.15) is 5.58 Å². The van der Waals surface area contributed by atoms with Crippen LogP contribution in [0.3, 0.4) is 0 Å². The zero-order valence-electron chi connectivity index (χ0n) is 11.0. The van der Waals surface area contributed by atoms with Crippen LogP contribution in [0.15, 0.2) is 65.1 Å². The lowest BCUT2D eigenvalue weighted by atomic mass is 10.2. The summed E-state index contributed by atoms with van der Waals surface area (Å²) in [6, 6.07) is 19.7. The third-order valence-electron chi connectivity index (χ3n) is 3.33. The Bertz CT molecular complexity index is 933. The largest absolute Gasteiger partial charge is 0.453 e. The highest BCUT2D eigenvalue weighted by atomic mass is 32.1. The van der Waals surface area contributed by atoms with Gasteiger partial charge in [-0.1, -0.05) is 36.4 Å². The number of H-pyrrole nitrogens is 1. The number of aromatic nitrogens is 3. The van der Waals surface area contributed by atoms with Gasteiger partial charge in [-0.3, -0.25) is 9.67 Å². The van der Waals surface area contributed by atoms with Gasteiger partial charge in [0.15, 0.2) is 10.5 Å². The highest BCUT2D eigenvalue weighted by molar-refractivity contribution is 7.71. The summed E-state index contributed by atoms with van der Waals surface area (Å²) >= 11 is 5.34. The number of rotatable bonds is 2. The third kappa shape index (κ3) is 1.98. The second-order valence-electron chi connectivity index (χ2n) is 4.67. The van der Waals surface area contributed by atoms with Gasteiger partial charge in [-0.25, -0.2) is 0 Å². The fraction of sp³-hybridized carbons (Fsp3) is 0. The molecule has 0 unspecified atom stereocenters. The number of nitrogens with zero attached hydrogens (tertiary/aromatic N) is 2. The highest BCUT2D eigenvalue weighted by Crippen LogP contribution is 2.28. The van der Waals surface area contributed by atoms with Crippen LogP contribution in [0.25, 0.3) is 28.2 Å². The molecule has 0 aliphatic rings. The Morgan fingerprint density at radius 2 is 1.76 bits per heavy atom. The standard InChI is InChI=1S/C16H11N3OS/c21-16-18-17-15(19(16)12-7-2-1-3-8-12)14-10-11-6-4-5-9-13(11)20-14/h1-10H,(H,18,21). The minimum Gasteiger partial charge on any atom is -0.453 e. The summed E-state index contributed by atoms with van der Waals surface area (Å²) in [7, 11) is 0. The van der Waals surface area contributed by atoms with Crippen molar-refractivity contribution in [1.82, 2.24) is 14.8 Å². The average molecular weight is 293 g/mol. The highest BCUT2D eigenvalue weighted by Gasteiger charge is 2.14. The molecule has 4 rings (SSSR count). The lowest BCUT2D eigenvalue weighted by Crippen LogP contribution is -1.96. The fourth-order valence-corrected chi connectivity index (χ4v) is 2.61. The Labute approximate surface area is 125 Å². The molecule has 0 saturated heterocycles. The zero-order chi connectivity index (χ0) is 14.2. The predicted molar refractivity (Wildman–Crippen MR) is 84.0 cm³/mol. The number of furan rings is 1. The molecule has 0 bridgehead atoms. The van der Waals surface area contributed by atoms with Crippen molar-refractivity contribution in [2.24, 2.45) is 0 Å². The van der Waals surface area contributed by atoms with E-state index in [2.05, 4.69) is 10.2 Å². The molecule has 2 aromatic heterocycles. The van der Waals surface area contributed by atoms with E-state index in [1.165, 1.54) is 0 Å². The van der Waals surface area contributed by atoms with Gasteiger partial charge in [0.2, 0.25) is 5.82 Å². The minimum absolute atomic E-state index is 0.539. The summed E-state index contributed by atoms with van der Waals surface area (Å²) in [6.07, 6.45) is 0. The minimum atomic E-state index is 0.539. The number of aromatic amines is 1. The molecule has 1 N–H and O–H groups in total. The Kier molecular flexibility index (Phi) is 2.72. The quantitative estimate of drug-likeness (QED) is 0.559. The normalized spacial score (nSPS) is 11.0. The van der Waals surface area contributed by atoms with Crippen LogP contribution < -0.4 is 0 Å². The maximum absolute atomic E-state index is 5.88. The van der Waals surface area contributed by atoms with Gasteiger partial charge >= 0.3 is 0 Å². The zero-order valence-corrected chi connectivity index (χ0v) is 11.8. The molecular formula is C16H11N3OS. The first-order valence-corrected chi connectivity index (χ1v) is 6.95. The van der Waals surface area contributed by atoms with Crippen LogP contribution in [0.1, 0.15) is 0 Å². The average Bonchev–Trinajstić information content (AvgIpc) is 3.11. The molecule has 0 spiro atoms. The van der Waals surface area contributed by atoms with E-state index < -0.39 is 0 Å². The second kappa shape index (κ2) is 4.71. The summed E-state index contributed by atoms with van der Waals surface area (Å²) in [6.45, 7) is 0. The summed E-state index contributed by atoms with van der Waals surface area (Å²) < 4.78 is 8.29. The van der Waals surface area contributed by atoms with Gasteiger partial charge in [-0.2, -0.15) is 5.10 Å². The SMILES string of the molecule is S=c1[nH]nc(-c2cc3ccccc3o2)n1-c1ccccc1. The van der Waals surface area contributed by atoms with Crippen LogP contribution in [-0.2, 0) is 0 Å². The number of para-hydroxylation sites is 2. The van der Waals surface area contributed by atoms with Crippen LogP contribution in [0, 0.1) is 4.77 Å². The Hall–Kier alpha value is -2.66. The lowest BCUT2D eigenvalue weighted by molar-refractivity contribution is 0.623. The number of nitrogens with one attached hydrogen (secondary N) is 1. The number of fused-ring (bicyclic) bond motifs is 1. The first kappa shape index (κ1) is 12.1. The molecule has 0 amide bonds. The number of benzene rings is 2. The topological polar surface area (TPSA) is 46.8 Å². The van der Waals surface area contributed by atoms with Crippen LogP contribution in [-0.4, -0.2) is 14.8 Å². The van der Waals surface area contributed by atoms with E-state index in [-0.39, 0.29) is 0 Å². The van der Waals surface area contributed by atoms with Crippen LogP contribution in [0.2, 0.25) is 0 Å². The van der Waals surface area contributed by atoms with Gasteiger partial charge in [-0.05, 0) is 36.5 Å². The monoisotopic (exact) mass is 293 g/mol. The van der Waals surface area contributed by atoms with Gasteiger partial charge in [0.25, 0.3) is 0 Å². The molecule has 5 heteroatoms. The van der Waals surface area contributed by atoms with Crippen LogP contribution in [0.5, 0.6) is 0 Å². The fourth-order valence-electron chi connectivity index (χ4n) is 2.37. The molecule has 4 nitrogen and oxygen atoms in total. The van der Waals surface area contributed by atoms with E-state index in [1.54, 1.807) is 0 Å². The molecule has 21 heavy (non-hydrogen) atoms. The summed E-state index contributed by atoms with van der Waals surface area (Å²) in [5.41, 5.74) is 1.78. The molecule has 102 valence electrons. The van der Waals surface area contributed by atoms with E-state index in [9.17, 15) is 0 Å². The van der Waals surface area contributed by atoms with E-state index in [4.69, 9.17) is 16.6 Å². The maximum atomic E-state index is 5.88. The van der Waals surface area contributed by atoms with Crippen molar-refractivity contribution < 1.29 is 4.42 Å². The molecule has 0 aliphatic carbocycles. The molecular weight excluding hydrogens is 282 g/mol. The number of hydrogen-bond acceptors (Lipinski definition) is 3. The summed E-state index contributed by atoms with van der Waals surface area (Å²) in [5, 5.41) is 8.19. The van der Waals surface area contributed by atoms with Crippen molar-refractivity contribution in [2.45, 2.75) is 0 Å². The Morgan fingerprint density at radius 1 is 1.00 bits per heavy atom. The van der Waals surface area contributed by atoms with Gasteiger partial charge in [0.05, 0.1) is 5.69 Å². The Morgan fingerprint density at radius 3 is 2.57 bits per heavy atom. The van der Waals surface area contributed by atoms with Gasteiger partial charge < -0.3 is 4.42 Å². The molecule has 2 heterocycles. The van der Waals surface area contributed by atoms with Crippen molar-refractivity contribution in [3.8, 4) is 17.3 Å². The molecule has 0 saturated carbocycles. The van der Waals surface area contributed by atoms with Gasteiger partial charge in [-0.15, -0.1) is 0 Å². The van der Waals surface area contributed by atoms with Crippen molar-refractivity contribution in [3.05, 3.63) is 65.4 Å². The van der Waals surface area contributed by atoms with E-state index >= 15 is 0 Å². The maximum Gasteiger partial charge on any atom is 0.202 e. The first-order valence-electron chi connectivity index (χ1n) is 6.55. The molecule has 0 atom stereocenters. The van der Waals surface area contributed by atoms with Crippen LogP contribution in [0.4, 0.5) is 0 Å². The lowest BCUT2D eigenvalue weighted by Gasteiger charge is -2.04. The van der Waals surface area contributed by atoms with E-state index in [0.29, 0.717) is 16.4 Å². The van der Waals surface area contributed by atoms with E-state index in [1.807, 2.05) is 65.2 Å². The first-order chi connectivity index (χ1) is 10.3. The number of hydrogen-bond donors (Lipinski definition) is 1. The molecule has 0 aliphatic heterocycles.